The molecule has 2 aromatic rings. The number of nitrogens with one attached hydrogen (secondary N) is 2. The van der Waals surface area contributed by atoms with Crippen molar-refractivity contribution in [2.45, 2.75) is 64.1 Å². The van der Waals surface area contributed by atoms with Gasteiger partial charge in [-0.2, -0.15) is 0 Å². The van der Waals surface area contributed by atoms with Gasteiger partial charge in [0.1, 0.15) is 11.6 Å². The second kappa shape index (κ2) is 10.4. The molecule has 0 fully saturated rings. The molecule has 0 radical (unpaired) electrons. The highest BCUT2D eigenvalue weighted by atomic mass is 32.1. The zero-order chi connectivity index (χ0) is 21.7. The Morgan fingerprint density at radius 2 is 1.90 bits per heavy atom. The van der Waals surface area contributed by atoms with Gasteiger partial charge in [-0.1, -0.05) is 37.3 Å². The predicted molar refractivity (Wildman–Crippen MR) is 121 cm³/mol. The molecule has 3 nitrogen and oxygen atoms in total. The first-order chi connectivity index (χ1) is 14.4. The van der Waals surface area contributed by atoms with E-state index < -0.39 is 23.8 Å². The van der Waals surface area contributed by atoms with Gasteiger partial charge in [-0.3, -0.25) is 0 Å². The van der Waals surface area contributed by atoms with Gasteiger partial charge in [-0.25, -0.2) is 8.78 Å². The number of fused-ring (bicyclic) bond motifs is 1. The fourth-order valence-electron chi connectivity index (χ4n) is 4.21. The number of benzene rings is 2. The van der Waals surface area contributed by atoms with Crippen LogP contribution in [0, 0.1) is 11.6 Å². The quantitative estimate of drug-likeness (QED) is 0.541. The van der Waals surface area contributed by atoms with Gasteiger partial charge < -0.3 is 15.7 Å². The third kappa shape index (κ3) is 6.06. The van der Waals surface area contributed by atoms with Crippen LogP contribution < -0.4 is 10.6 Å². The van der Waals surface area contributed by atoms with Crippen molar-refractivity contribution in [2.75, 3.05) is 6.54 Å². The molecule has 2 aromatic carbocycles. The summed E-state index contributed by atoms with van der Waals surface area (Å²) >= 11 is 5.16. The summed E-state index contributed by atoms with van der Waals surface area (Å²) in [5.74, 6) is -1.25. The van der Waals surface area contributed by atoms with E-state index in [9.17, 15) is 13.9 Å². The number of thiocarbonyl (C=S) groups is 1. The molecular formula is C24H30F2N2OS. The van der Waals surface area contributed by atoms with Crippen molar-refractivity contribution in [3.05, 3.63) is 70.3 Å². The first kappa shape index (κ1) is 22.8. The van der Waals surface area contributed by atoms with Gasteiger partial charge >= 0.3 is 0 Å². The van der Waals surface area contributed by atoms with Crippen LogP contribution in [0.5, 0.6) is 0 Å². The maximum absolute atomic E-state index is 13.6. The average Bonchev–Trinajstić information content (AvgIpc) is 2.70. The monoisotopic (exact) mass is 432 g/mol. The van der Waals surface area contributed by atoms with Crippen molar-refractivity contribution in [2.24, 2.45) is 0 Å². The Bertz CT molecular complexity index is 869. The van der Waals surface area contributed by atoms with Crippen molar-refractivity contribution in [1.82, 2.24) is 10.6 Å². The van der Waals surface area contributed by atoms with Gasteiger partial charge in [0.25, 0.3) is 0 Å². The largest absolute Gasteiger partial charge is 0.390 e. The molecule has 3 atom stereocenters. The Labute approximate surface area is 182 Å². The van der Waals surface area contributed by atoms with Gasteiger partial charge in [-0.15, -0.1) is 0 Å². The normalized spacial score (nSPS) is 17.8. The topological polar surface area (TPSA) is 44.3 Å². The van der Waals surface area contributed by atoms with Crippen LogP contribution in [0.25, 0.3) is 0 Å². The zero-order valence-corrected chi connectivity index (χ0v) is 18.4. The van der Waals surface area contributed by atoms with E-state index in [1.807, 2.05) is 0 Å². The van der Waals surface area contributed by atoms with Crippen LogP contribution in [0.4, 0.5) is 8.78 Å². The van der Waals surface area contributed by atoms with E-state index in [2.05, 4.69) is 35.8 Å². The van der Waals surface area contributed by atoms with E-state index in [0.717, 1.165) is 31.7 Å². The highest BCUT2D eigenvalue weighted by Gasteiger charge is 2.24. The Hall–Kier alpha value is -1.89. The van der Waals surface area contributed by atoms with Gasteiger partial charge in [0, 0.05) is 18.7 Å². The summed E-state index contributed by atoms with van der Waals surface area (Å²) in [5.41, 5.74) is 4.48. The first-order valence-corrected chi connectivity index (χ1v) is 11.0. The molecule has 0 saturated heterocycles. The van der Waals surface area contributed by atoms with Gasteiger partial charge in [0.15, 0.2) is 0 Å². The second-order valence-electron chi connectivity index (χ2n) is 8.10. The van der Waals surface area contributed by atoms with Crippen LogP contribution >= 0.6 is 12.2 Å². The van der Waals surface area contributed by atoms with E-state index in [4.69, 9.17) is 12.2 Å². The van der Waals surface area contributed by atoms with Crippen LogP contribution in [0.1, 0.15) is 55.0 Å². The van der Waals surface area contributed by atoms with E-state index in [0.29, 0.717) is 17.1 Å². The molecule has 0 bridgehead atoms. The van der Waals surface area contributed by atoms with E-state index in [-0.39, 0.29) is 12.5 Å². The summed E-state index contributed by atoms with van der Waals surface area (Å²) < 4.78 is 27.1. The average molecular weight is 433 g/mol. The molecule has 1 aliphatic rings. The lowest BCUT2D eigenvalue weighted by atomic mass is 9.86. The minimum absolute atomic E-state index is 0.191. The Morgan fingerprint density at radius 3 is 2.57 bits per heavy atom. The van der Waals surface area contributed by atoms with Crippen molar-refractivity contribution in [3.8, 4) is 0 Å². The molecule has 162 valence electrons. The molecule has 0 aromatic heterocycles. The number of rotatable bonds is 8. The summed E-state index contributed by atoms with van der Waals surface area (Å²) in [6.07, 6.45) is 3.70. The zero-order valence-electron chi connectivity index (χ0n) is 17.6. The summed E-state index contributed by atoms with van der Waals surface area (Å²) in [7, 11) is 0. The molecule has 3 rings (SSSR count). The molecule has 3 N–H and O–H groups in total. The highest BCUT2D eigenvalue weighted by molar-refractivity contribution is 7.80. The minimum atomic E-state index is -0.769. The number of aryl methyl sites for hydroxylation is 2. The lowest BCUT2D eigenvalue weighted by Crippen LogP contribution is -2.48. The number of hydrogen-bond acceptors (Lipinski definition) is 3. The first-order valence-electron chi connectivity index (χ1n) is 10.6. The third-order valence-corrected chi connectivity index (χ3v) is 5.86. The van der Waals surface area contributed by atoms with Gasteiger partial charge in [0.05, 0.1) is 17.1 Å². The third-order valence-electron chi connectivity index (χ3n) is 5.74. The molecular weight excluding hydrogens is 402 g/mol. The molecule has 0 heterocycles. The standard InChI is InChI=1S/C24H30F2N2OS/c1-3-16-7-8-18-5-4-6-22(21(18)11-16)27-14-24(29)23(28-15(2)30)12-17-9-19(25)13-20(26)10-17/h7-11,13,22-24,27,29H,3-6,12,14H2,1-2H3,(H,28,30). The maximum atomic E-state index is 13.6. The lowest BCUT2D eigenvalue weighted by Gasteiger charge is -2.30. The second-order valence-corrected chi connectivity index (χ2v) is 8.71. The van der Waals surface area contributed by atoms with Crippen molar-refractivity contribution >= 4 is 17.2 Å². The van der Waals surface area contributed by atoms with Crippen molar-refractivity contribution in [1.29, 1.82) is 0 Å². The van der Waals surface area contributed by atoms with Crippen LogP contribution in [0.3, 0.4) is 0 Å². The lowest BCUT2D eigenvalue weighted by molar-refractivity contribution is 0.129. The summed E-state index contributed by atoms with van der Waals surface area (Å²) in [5, 5.41) is 17.5. The van der Waals surface area contributed by atoms with E-state index in [1.54, 1.807) is 6.92 Å². The van der Waals surface area contributed by atoms with Gasteiger partial charge in [0.2, 0.25) is 0 Å². The van der Waals surface area contributed by atoms with Crippen LogP contribution in [0.2, 0.25) is 0 Å². The predicted octanol–water partition coefficient (Wildman–Crippen LogP) is 4.40. The molecule has 0 saturated carbocycles. The van der Waals surface area contributed by atoms with Crippen molar-refractivity contribution < 1.29 is 13.9 Å². The SMILES string of the molecule is CCc1ccc2c(c1)C(NCC(O)C(Cc1cc(F)cc(F)c1)NC(C)=S)CCC2. The number of halogens is 2. The Balaban J connectivity index is 1.69. The van der Waals surface area contributed by atoms with Gasteiger partial charge in [-0.05, 0) is 73.4 Å². The maximum Gasteiger partial charge on any atom is 0.126 e. The summed E-state index contributed by atoms with van der Waals surface area (Å²) in [6, 6.07) is 9.86. The number of hydrogen-bond donors (Lipinski definition) is 3. The number of aliphatic hydroxyl groups excluding tert-OH is 1. The highest BCUT2D eigenvalue weighted by Crippen LogP contribution is 2.30. The number of aliphatic hydroxyl groups is 1. The molecule has 6 heteroatoms. The van der Waals surface area contributed by atoms with Crippen LogP contribution in [-0.4, -0.2) is 28.8 Å². The van der Waals surface area contributed by atoms with Crippen LogP contribution in [0.15, 0.2) is 36.4 Å². The Morgan fingerprint density at radius 1 is 1.17 bits per heavy atom. The molecule has 0 aliphatic heterocycles. The molecule has 0 amide bonds. The Kier molecular flexibility index (Phi) is 7.92. The van der Waals surface area contributed by atoms with Crippen molar-refractivity contribution in [3.63, 3.8) is 0 Å². The van der Waals surface area contributed by atoms with E-state index >= 15 is 0 Å². The molecule has 1 aliphatic carbocycles. The summed E-state index contributed by atoms with van der Waals surface area (Å²) in [4.78, 5) is 0.534. The smallest absolute Gasteiger partial charge is 0.126 e. The summed E-state index contributed by atoms with van der Waals surface area (Å²) in [6.45, 7) is 4.24. The fourth-order valence-corrected chi connectivity index (χ4v) is 4.36. The molecule has 3 unspecified atom stereocenters. The molecule has 30 heavy (non-hydrogen) atoms. The minimum Gasteiger partial charge on any atom is -0.390 e. The molecule has 0 spiro atoms. The van der Waals surface area contributed by atoms with E-state index in [1.165, 1.54) is 28.8 Å². The van der Waals surface area contributed by atoms with Crippen LogP contribution in [-0.2, 0) is 19.3 Å². The fraction of sp³-hybridized carbons (Fsp3) is 0.458.